The summed E-state index contributed by atoms with van der Waals surface area (Å²) in [5, 5.41) is 6.51. The second kappa shape index (κ2) is 8.46. The quantitative estimate of drug-likeness (QED) is 0.610. The number of carbonyl (C=O) groups excluding carboxylic acids is 1. The lowest BCUT2D eigenvalue weighted by atomic mass is 10.2. The summed E-state index contributed by atoms with van der Waals surface area (Å²) in [7, 11) is -3.66. The molecule has 1 aromatic carbocycles. The normalized spacial score (nSPS) is 11.8. The molecule has 2 aromatic heterocycles. The Morgan fingerprint density at radius 1 is 1.10 bits per heavy atom. The number of nitrogens with one attached hydrogen (secondary N) is 2. The van der Waals surface area contributed by atoms with E-state index in [1.54, 1.807) is 50.3 Å². The number of benzene rings is 1. The van der Waals surface area contributed by atoms with E-state index < -0.39 is 10.0 Å². The van der Waals surface area contributed by atoms with Gasteiger partial charge in [0.1, 0.15) is 22.9 Å². The van der Waals surface area contributed by atoms with Crippen LogP contribution in [0, 0.1) is 13.8 Å². The van der Waals surface area contributed by atoms with Gasteiger partial charge in [-0.05, 0) is 49.8 Å². The average Bonchev–Trinajstić information content (AvgIpc) is 3.24. The largest absolute Gasteiger partial charge is 0.465 e. The first-order valence-electron chi connectivity index (χ1n) is 8.81. The lowest BCUT2D eigenvalue weighted by Crippen LogP contribution is -2.22. The van der Waals surface area contributed by atoms with Gasteiger partial charge < -0.3 is 14.3 Å². The number of sulfonamides is 1. The summed E-state index contributed by atoms with van der Waals surface area (Å²) >= 11 is 0. The first-order valence-corrected chi connectivity index (χ1v) is 10.3. The Morgan fingerprint density at radius 2 is 1.83 bits per heavy atom. The van der Waals surface area contributed by atoms with Crippen molar-refractivity contribution >= 4 is 33.8 Å². The summed E-state index contributed by atoms with van der Waals surface area (Å²) in [5.74, 6) is 1.45. The third-order valence-corrected chi connectivity index (χ3v) is 5.46. The zero-order chi connectivity index (χ0) is 21.0. The number of rotatable bonds is 7. The minimum Gasteiger partial charge on any atom is -0.465 e. The number of aryl methyl sites for hydroxylation is 2. The first-order chi connectivity index (χ1) is 13.7. The third kappa shape index (κ3) is 5.21. The van der Waals surface area contributed by atoms with E-state index in [2.05, 4.69) is 15.2 Å². The molecule has 0 fully saturated rings. The second-order valence-electron chi connectivity index (χ2n) is 6.43. The van der Waals surface area contributed by atoms with Gasteiger partial charge in [-0.3, -0.25) is 4.79 Å². The summed E-state index contributed by atoms with van der Waals surface area (Å²) < 4.78 is 37.9. The lowest BCUT2D eigenvalue weighted by molar-refractivity contribution is -0.114. The highest BCUT2D eigenvalue weighted by Crippen LogP contribution is 2.23. The van der Waals surface area contributed by atoms with Crippen molar-refractivity contribution in [1.29, 1.82) is 0 Å². The molecular formula is C20H21N3O5S. The van der Waals surface area contributed by atoms with Crippen LogP contribution in [-0.2, 0) is 21.4 Å². The summed E-state index contributed by atoms with van der Waals surface area (Å²) in [6, 6.07) is 9.86. The van der Waals surface area contributed by atoms with Crippen molar-refractivity contribution in [2.24, 2.45) is 0 Å². The van der Waals surface area contributed by atoms with Gasteiger partial charge in [-0.25, -0.2) is 13.1 Å². The maximum Gasteiger partial charge on any atom is 0.240 e. The Kier molecular flexibility index (Phi) is 6.00. The van der Waals surface area contributed by atoms with Crippen LogP contribution in [0.3, 0.4) is 0 Å². The molecule has 0 saturated carbocycles. The maximum absolute atomic E-state index is 12.4. The minimum atomic E-state index is -3.66. The zero-order valence-corrected chi connectivity index (χ0v) is 17.0. The first kappa shape index (κ1) is 20.6. The number of furan rings is 1. The Labute approximate surface area is 168 Å². The number of carbonyl (C=O) groups is 1. The van der Waals surface area contributed by atoms with Crippen LogP contribution >= 0.6 is 0 Å². The molecule has 2 heterocycles. The molecule has 0 unspecified atom stereocenters. The summed E-state index contributed by atoms with van der Waals surface area (Å²) in [4.78, 5) is 11.4. The number of nitrogens with zero attached hydrogens (tertiary/aromatic N) is 1. The Hall–Kier alpha value is -3.17. The molecule has 3 aromatic rings. The van der Waals surface area contributed by atoms with Gasteiger partial charge in [0.15, 0.2) is 5.76 Å². The molecule has 0 bridgehead atoms. The fourth-order valence-electron chi connectivity index (χ4n) is 2.59. The van der Waals surface area contributed by atoms with Gasteiger partial charge in [0, 0.05) is 6.92 Å². The molecule has 29 heavy (non-hydrogen) atoms. The molecule has 152 valence electrons. The summed E-state index contributed by atoms with van der Waals surface area (Å²) in [6.07, 6.45) is 3.40. The van der Waals surface area contributed by atoms with Crippen molar-refractivity contribution in [3.05, 3.63) is 64.9 Å². The van der Waals surface area contributed by atoms with Gasteiger partial charge in [-0.15, -0.1) is 0 Å². The van der Waals surface area contributed by atoms with Crippen molar-refractivity contribution in [2.75, 3.05) is 5.32 Å². The van der Waals surface area contributed by atoms with Gasteiger partial charge >= 0.3 is 0 Å². The number of amides is 1. The Balaban J connectivity index is 1.70. The molecule has 0 aliphatic heterocycles. The van der Waals surface area contributed by atoms with Crippen molar-refractivity contribution in [2.45, 2.75) is 32.2 Å². The molecule has 0 aliphatic rings. The molecule has 2 N–H and O–H groups in total. The van der Waals surface area contributed by atoms with Gasteiger partial charge in [0.05, 0.1) is 11.4 Å². The smallest absolute Gasteiger partial charge is 0.240 e. The lowest BCUT2D eigenvalue weighted by Gasteiger charge is -2.06. The fraction of sp³-hybridized carbons (Fsp3) is 0.200. The summed E-state index contributed by atoms with van der Waals surface area (Å²) in [6.45, 7) is 5.00. The van der Waals surface area contributed by atoms with E-state index in [4.69, 9.17) is 8.94 Å². The SMILES string of the molecule is CC(=O)Nc1c(C)noc1C=Cc1ccc(S(=O)(=O)NCc2ccc(C)o2)cc1. The van der Waals surface area contributed by atoms with Crippen LogP contribution in [0.2, 0.25) is 0 Å². The van der Waals surface area contributed by atoms with Crippen LogP contribution in [-0.4, -0.2) is 19.5 Å². The van der Waals surface area contributed by atoms with E-state index in [1.165, 1.54) is 19.1 Å². The topological polar surface area (TPSA) is 114 Å². The molecule has 0 aliphatic carbocycles. The molecule has 0 saturated heterocycles. The van der Waals surface area contributed by atoms with E-state index in [0.29, 0.717) is 22.9 Å². The Bertz CT molecular complexity index is 1140. The molecule has 9 heteroatoms. The van der Waals surface area contributed by atoms with Crippen molar-refractivity contribution in [1.82, 2.24) is 9.88 Å². The van der Waals surface area contributed by atoms with E-state index in [-0.39, 0.29) is 17.3 Å². The predicted molar refractivity (Wildman–Crippen MR) is 108 cm³/mol. The van der Waals surface area contributed by atoms with Gasteiger partial charge in [-0.2, -0.15) is 0 Å². The van der Waals surface area contributed by atoms with Crippen LogP contribution in [0.15, 0.2) is 50.2 Å². The number of aromatic nitrogens is 1. The highest BCUT2D eigenvalue weighted by atomic mass is 32.2. The monoisotopic (exact) mass is 415 g/mol. The van der Waals surface area contributed by atoms with Gasteiger partial charge in [0.2, 0.25) is 15.9 Å². The number of anilines is 1. The van der Waals surface area contributed by atoms with Crippen molar-refractivity contribution < 1.29 is 22.2 Å². The maximum atomic E-state index is 12.4. The van der Waals surface area contributed by atoms with E-state index in [9.17, 15) is 13.2 Å². The van der Waals surface area contributed by atoms with E-state index in [0.717, 1.165) is 11.3 Å². The molecule has 0 spiro atoms. The molecule has 3 rings (SSSR count). The van der Waals surface area contributed by atoms with Crippen LogP contribution in [0.1, 0.15) is 35.5 Å². The van der Waals surface area contributed by atoms with Crippen molar-refractivity contribution in [3.63, 3.8) is 0 Å². The van der Waals surface area contributed by atoms with Crippen LogP contribution in [0.25, 0.3) is 12.2 Å². The van der Waals surface area contributed by atoms with Crippen LogP contribution in [0.4, 0.5) is 5.69 Å². The molecule has 1 amide bonds. The van der Waals surface area contributed by atoms with Crippen LogP contribution in [0.5, 0.6) is 0 Å². The highest BCUT2D eigenvalue weighted by Gasteiger charge is 2.15. The van der Waals surface area contributed by atoms with E-state index >= 15 is 0 Å². The fourth-order valence-corrected chi connectivity index (χ4v) is 3.58. The van der Waals surface area contributed by atoms with E-state index in [1.807, 2.05) is 0 Å². The highest BCUT2D eigenvalue weighted by molar-refractivity contribution is 7.89. The number of hydrogen-bond acceptors (Lipinski definition) is 6. The zero-order valence-electron chi connectivity index (χ0n) is 16.2. The average molecular weight is 415 g/mol. The molecule has 0 atom stereocenters. The van der Waals surface area contributed by atoms with Crippen molar-refractivity contribution in [3.8, 4) is 0 Å². The standard InChI is InChI=1S/C20H21N3O5S/c1-13-4-8-17(27-13)12-21-29(25,26)18-9-5-16(6-10-18)7-11-19-20(22-15(3)24)14(2)23-28-19/h4-11,21H,12H2,1-3H3,(H,22,24). The minimum absolute atomic E-state index is 0.0780. The molecular weight excluding hydrogens is 394 g/mol. The summed E-state index contributed by atoms with van der Waals surface area (Å²) in [5.41, 5.74) is 1.83. The van der Waals surface area contributed by atoms with Crippen LogP contribution < -0.4 is 10.0 Å². The molecule has 0 radical (unpaired) electrons. The van der Waals surface area contributed by atoms with Gasteiger partial charge in [-0.1, -0.05) is 23.4 Å². The second-order valence-corrected chi connectivity index (χ2v) is 8.19. The predicted octanol–water partition coefficient (Wildman–Crippen LogP) is 3.49. The third-order valence-electron chi connectivity index (χ3n) is 4.04. The number of hydrogen-bond donors (Lipinski definition) is 2. The molecule has 8 nitrogen and oxygen atoms in total. The Morgan fingerprint density at radius 3 is 2.45 bits per heavy atom. The van der Waals surface area contributed by atoms with Gasteiger partial charge in [0.25, 0.3) is 0 Å².